The first-order chi connectivity index (χ1) is 74.4. The largest absolute Gasteiger partial charge is 0.309 e. The Morgan fingerprint density at radius 1 is 0.0733 bits per heavy atom. The highest BCUT2D eigenvalue weighted by Crippen LogP contribution is 2.46. The first-order valence-electron chi connectivity index (χ1n) is 51.6. The van der Waals surface area contributed by atoms with Crippen molar-refractivity contribution in [1.29, 1.82) is 0 Å². The standard InChI is InChI=1S/2C72H47N3/c1-4-14-48(15-5-1)49-32-38-60(39-33-49)75-71-42-36-56(52-28-24-50(25-29-52)54-34-40-69-63(44-54)61-20-10-12-22-67(61)73(69)58-16-6-2-7-17-58)46-65(71)66-47-57(37-43-72(66)75)53-30-26-51(27-31-53)55-35-41-70-64(45-55)62-21-11-13-23-68(62)74(70)59-18-8-3-9-19-59;1-2-12-48(13-3-1)51-30-38-60(39-31-51)75-71-44-36-56(54-26-22-49(23-27-54)52-32-40-58(41-33-52)73-67-18-8-4-14-61(67)62-15-5-9-19-68(62)73)46-65(71)66-47-57(37-45-72(66)75)55-28-24-50(25-29-55)53-34-42-59(43-35-53)74-69-20-10-6-16-63(69)64-17-7-11-21-70(64)74/h2*1-47H. The number of para-hydroxylation sites is 8. The zero-order valence-electron chi connectivity index (χ0n) is 82.0. The fourth-order valence-electron chi connectivity index (χ4n) is 23.6. The van der Waals surface area contributed by atoms with Gasteiger partial charge in [-0.2, -0.15) is 0 Å². The molecule has 6 nitrogen and oxygen atoms in total. The number of hydrogen-bond donors (Lipinski definition) is 0. The van der Waals surface area contributed by atoms with E-state index >= 15 is 0 Å². The zero-order valence-corrected chi connectivity index (χ0v) is 82.0. The summed E-state index contributed by atoms with van der Waals surface area (Å²) in [7, 11) is 0. The van der Waals surface area contributed by atoms with Crippen molar-refractivity contribution in [3.05, 3.63) is 570 Å². The molecule has 0 saturated heterocycles. The van der Waals surface area contributed by atoms with Crippen molar-refractivity contribution in [3.63, 3.8) is 0 Å². The fraction of sp³-hybridized carbons (Fsp3) is 0. The molecule has 0 saturated carbocycles. The van der Waals surface area contributed by atoms with Crippen LogP contribution in [0.2, 0.25) is 0 Å². The van der Waals surface area contributed by atoms with Crippen molar-refractivity contribution in [3.8, 4) is 145 Å². The minimum absolute atomic E-state index is 1.14. The Kier molecular flexibility index (Phi) is 20.9. The van der Waals surface area contributed by atoms with Gasteiger partial charge in [0.25, 0.3) is 0 Å². The van der Waals surface area contributed by atoms with Crippen molar-refractivity contribution < 1.29 is 0 Å². The number of aromatic nitrogens is 6. The molecule has 6 heterocycles. The van der Waals surface area contributed by atoms with Crippen LogP contribution in [0.5, 0.6) is 0 Å². The van der Waals surface area contributed by atoms with Crippen molar-refractivity contribution in [2.45, 2.75) is 0 Å². The van der Waals surface area contributed by atoms with Crippen LogP contribution in [0.1, 0.15) is 0 Å². The number of fused-ring (bicyclic) bond motifs is 18. The van der Waals surface area contributed by atoms with Gasteiger partial charge in [0.1, 0.15) is 0 Å². The molecule has 6 heteroatoms. The minimum atomic E-state index is 1.14. The Morgan fingerprint density at radius 3 is 0.373 bits per heavy atom. The third-order valence-corrected chi connectivity index (χ3v) is 31.0. The lowest BCUT2D eigenvalue weighted by Gasteiger charge is -2.11. The SMILES string of the molecule is c1ccc(-c2ccc(-n3c4ccc(-c5ccc(-c6ccc(-n7c8ccccc8c8ccccc87)cc6)cc5)cc4c4cc(-c5ccc(-c6ccc(-n7c8ccccc8c8ccccc87)cc6)cc5)ccc43)cc2)cc1.c1ccc(-c2ccc(-n3c4ccc(-c5ccc(-c6ccc7c(c6)c6ccccc6n7-c6ccccc6)cc5)cc4c4cc(-c5ccc(-c6ccc7c(c6)c6ccccc6n7-c6ccccc6)cc5)ccc43)cc2)cc1. The summed E-state index contributed by atoms with van der Waals surface area (Å²) in [6.07, 6.45) is 0. The van der Waals surface area contributed by atoms with E-state index in [2.05, 4.69) is 598 Å². The second kappa shape index (κ2) is 36.1. The van der Waals surface area contributed by atoms with Crippen LogP contribution in [-0.2, 0) is 0 Å². The van der Waals surface area contributed by atoms with Crippen molar-refractivity contribution >= 4 is 131 Å². The van der Waals surface area contributed by atoms with Crippen LogP contribution in [0.4, 0.5) is 0 Å². The normalized spacial score (nSPS) is 11.7. The predicted octanol–water partition coefficient (Wildman–Crippen LogP) is 38.6. The molecule has 0 amide bonds. The van der Waals surface area contributed by atoms with Crippen LogP contribution in [-0.4, -0.2) is 27.4 Å². The smallest absolute Gasteiger partial charge is 0.0541 e. The highest BCUT2D eigenvalue weighted by molar-refractivity contribution is 6.17. The average molecular weight is 1910 g/mol. The molecular formula is C144H94N6. The monoisotopic (exact) mass is 1910 g/mol. The molecule has 0 unspecified atom stereocenters. The van der Waals surface area contributed by atoms with Gasteiger partial charge < -0.3 is 27.4 Å². The summed E-state index contributed by atoms with van der Waals surface area (Å²) in [6, 6.07) is 209. The third kappa shape index (κ3) is 14.9. The lowest BCUT2D eigenvalue weighted by atomic mass is 9.97. The molecule has 0 radical (unpaired) electrons. The zero-order chi connectivity index (χ0) is 98.8. The molecule has 24 aromatic carbocycles. The van der Waals surface area contributed by atoms with E-state index in [1.807, 2.05) is 0 Å². The Bertz CT molecular complexity index is 9850. The van der Waals surface area contributed by atoms with Gasteiger partial charge in [-0.05, 0) is 293 Å². The van der Waals surface area contributed by atoms with Crippen LogP contribution < -0.4 is 0 Å². The lowest BCUT2D eigenvalue weighted by molar-refractivity contribution is 1.18. The maximum absolute atomic E-state index is 2.43. The van der Waals surface area contributed by atoms with Gasteiger partial charge >= 0.3 is 0 Å². The van der Waals surface area contributed by atoms with Crippen LogP contribution in [0.25, 0.3) is 276 Å². The molecule has 30 rings (SSSR count). The molecule has 0 aliphatic rings. The summed E-state index contributed by atoms with van der Waals surface area (Å²) < 4.78 is 14.3. The molecule has 150 heavy (non-hydrogen) atoms. The van der Waals surface area contributed by atoms with E-state index in [0.29, 0.717) is 0 Å². The molecule has 0 N–H and O–H groups in total. The first kappa shape index (κ1) is 86.7. The first-order valence-corrected chi connectivity index (χ1v) is 51.6. The molecule has 0 spiro atoms. The number of rotatable bonds is 16. The topological polar surface area (TPSA) is 29.6 Å². The van der Waals surface area contributed by atoms with Crippen LogP contribution >= 0.6 is 0 Å². The van der Waals surface area contributed by atoms with E-state index in [9.17, 15) is 0 Å². The Labute approximate surface area is 867 Å². The number of benzene rings is 24. The highest BCUT2D eigenvalue weighted by atomic mass is 15.0. The number of nitrogens with zero attached hydrogens (tertiary/aromatic N) is 6. The van der Waals surface area contributed by atoms with Gasteiger partial charge in [0.05, 0.1) is 66.2 Å². The Hall–Kier alpha value is -19.9. The maximum atomic E-state index is 2.43. The molecule has 700 valence electrons. The average Bonchev–Trinajstić information content (AvgIpc) is 1.59. The predicted molar refractivity (Wildman–Crippen MR) is 633 cm³/mol. The quantitative estimate of drug-likeness (QED) is 0.0923. The van der Waals surface area contributed by atoms with Crippen LogP contribution in [0, 0.1) is 0 Å². The molecule has 0 aliphatic carbocycles. The summed E-state index contributed by atoms with van der Waals surface area (Å²) in [5.74, 6) is 0. The van der Waals surface area contributed by atoms with Gasteiger partial charge in [0, 0.05) is 98.8 Å². The minimum Gasteiger partial charge on any atom is -0.309 e. The molecule has 0 fully saturated rings. The Morgan fingerprint density at radius 2 is 0.187 bits per heavy atom. The van der Waals surface area contributed by atoms with E-state index in [1.54, 1.807) is 0 Å². The summed E-state index contributed by atoms with van der Waals surface area (Å²) in [5, 5.41) is 15.0. The maximum Gasteiger partial charge on any atom is 0.0541 e. The molecule has 6 aromatic heterocycles. The molecule has 0 bridgehead atoms. The summed E-state index contributed by atoms with van der Waals surface area (Å²) in [5.41, 5.74) is 45.3. The van der Waals surface area contributed by atoms with Gasteiger partial charge in [0.15, 0.2) is 0 Å². The second-order valence-corrected chi connectivity index (χ2v) is 39.4. The van der Waals surface area contributed by atoms with Gasteiger partial charge in [-0.3, -0.25) is 0 Å². The summed E-state index contributed by atoms with van der Waals surface area (Å²) in [6.45, 7) is 0. The lowest BCUT2D eigenvalue weighted by Crippen LogP contribution is -1.94. The molecule has 0 aliphatic heterocycles. The van der Waals surface area contributed by atoms with E-state index in [-0.39, 0.29) is 0 Å². The van der Waals surface area contributed by atoms with Crippen molar-refractivity contribution in [2.75, 3.05) is 0 Å². The van der Waals surface area contributed by atoms with Crippen molar-refractivity contribution in [1.82, 2.24) is 27.4 Å². The van der Waals surface area contributed by atoms with Crippen LogP contribution in [0.3, 0.4) is 0 Å². The second-order valence-electron chi connectivity index (χ2n) is 39.4. The molecule has 0 atom stereocenters. The van der Waals surface area contributed by atoms with E-state index in [1.165, 1.54) is 253 Å². The molecular weight excluding hydrogens is 1810 g/mol. The van der Waals surface area contributed by atoms with Gasteiger partial charge in [-0.1, -0.05) is 388 Å². The van der Waals surface area contributed by atoms with Gasteiger partial charge in [-0.25, -0.2) is 0 Å². The van der Waals surface area contributed by atoms with Crippen LogP contribution in [0.15, 0.2) is 570 Å². The number of hydrogen-bond acceptors (Lipinski definition) is 0. The van der Waals surface area contributed by atoms with Crippen molar-refractivity contribution in [2.24, 2.45) is 0 Å². The van der Waals surface area contributed by atoms with E-state index in [4.69, 9.17) is 0 Å². The van der Waals surface area contributed by atoms with E-state index in [0.717, 1.165) is 22.7 Å². The molecule has 30 aromatic rings. The fourth-order valence-corrected chi connectivity index (χ4v) is 23.6. The van der Waals surface area contributed by atoms with Gasteiger partial charge in [0.2, 0.25) is 0 Å². The summed E-state index contributed by atoms with van der Waals surface area (Å²) in [4.78, 5) is 0. The summed E-state index contributed by atoms with van der Waals surface area (Å²) >= 11 is 0. The Balaban J connectivity index is 0.000000141. The highest BCUT2D eigenvalue weighted by Gasteiger charge is 2.24. The van der Waals surface area contributed by atoms with E-state index < -0.39 is 0 Å². The van der Waals surface area contributed by atoms with Gasteiger partial charge in [-0.15, -0.1) is 0 Å². The third-order valence-electron chi connectivity index (χ3n) is 31.0.